The topological polar surface area (TPSA) is 57.7 Å². The Morgan fingerprint density at radius 2 is 1.77 bits per heavy atom. The van der Waals surface area contributed by atoms with Gasteiger partial charge in [-0.05, 0) is 49.2 Å². The number of amides is 1. The Labute approximate surface area is 160 Å². The first-order valence-corrected chi connectivity index (χ1v) is 10.5. The van der Waals surface area contributed by atoms with E-state index in [1.165, 1.54) is 4.31 Å². The van der Waals surface area contributed by atoms with Gasteiger partial charge in [0.2, 0.25) is 15.9 Å². The second-order valence-electron chi connectivity index (χ2n) is 6.13. The average molecular weight is 395 g/mol. The highest BCUT2D eigenvalue weighted by Gasteiger charge is 2.24. The Balaban J connectivity index is 2.21. The highest BCUT2D eigenvalue weighted by Crippen LogP contribution is 2.18. The molecule has 5 nitrogen and oxygen atoms in total. The minimum atomic E-state index is -3.55. The molecular weight excluding hydrogens is 372 g/mol. The number of hydrogen-bond acceptors (Lipinski definition) is 3. The molecule has 0 aliphatic carbocycles. The van der Waals surface area contributed by atoms with Crippen LogP contribution >= 0.6 is 11.6 Å². The van der Waals surface area contributed by atoms with Gasteiger partial charge < -0.3 is 4.90 Å². The van der Waals surface area contributed by atoms with Crippen molar-refractivity contribution in [3.63, 3.8) is 0 Å². The van der Waals surface area contributed by atoms with Crippen LogP contribution < -0.4 is 4.90 Å². The summed E-state index contributed by atoms with van der Waals surface area (Å²) in [4.78, 5) is 14.4. The zero-order valence-electron chi connectivity index (χ0n) is 15.1. The smallest absolute Gasteiger partial charge is 0.242 e. The maximum atomic E-state index is 12.8. The number of likely N-dealkylation sites (N-methyl/N-ethyl adjacent to an activating group) is 1. The number of carbonyl (C=O) groups excluding carboxylic acids is 1. The molecule has 2 aromatic carbocycles. The fourth-order valence-corrected chi connectivity index (χ4v) is 3.47. The molecule has 0 aliphatic rings. The molecule has 1 amide bonds. The van der Waals surface area contributed by atoms with Gasteiger partial charge in [0.25, 0.3) is 0 Å². The lowest BCUT2D eigenvalue weighted by Gasteiger charge is -2.26. The summed E-state index contributed by atoms with van der Waals surface area (Å²) < 4.78 is 25.5. The van der Waals surface area contributed by atoms with E-state index >= 15 is 0 Å². The van der Waals surface area contributed by atoms with Gasteiger partial charge in [-0.1, -0.05) is 35.9 Å². The molecule has 0 N–H and O–H groups in total. The van der Waals surface area contributed by atoms with Crippen LogP contribution in [0.25, 0.3) is 0 Å². The molecule has 26 heavy (non-hydrogen) atoms. The molecule has 0 aliphatic heterocycles. The Morgan fingerprint density at radius 1 is 1.12 bits per heavy atom. The van der Waals surface area contributed by atoms with Crippen LogP contribution in [0, 0.1) is 6.92 Å². The van der Waals surface area contributed by atoms with Crippen molar-refractivity contribution in [2.24, 2.45) is 0 Å². The number of anilines is 1. The van der Waals surface area contributed by atoms with Gasteiger partial charge in [0, 0.05) is 23.8 Å². The monoisotopic (exact) mass is 394 g/mol. The predicted molar refractivity (Wildman–Crippen MR) is 106 cm³/mol. The van der Waals surface area contributed by atoms with Gasteiger partial charge in [0.05, 0.1) is 12.8 Å². The fourth-order valence-electron chi connectivity index (χ4n) is 2.62. The fraction of sp³-hybridized carbons (Fsp3) is 0.316. The molecule has 0 heterocycles. The standard InChI is InChI=1S/C19H23ClN2O3S/c1-4-22(18-7-5-6-15(2)12-18)19(23)14-21(26(3,24)25)13-16-8-10-17(20)11-9-16/h5-12H,4,13-14H2,1-3H3. The molecule has 2 rings (SSSR count). The van der Waals surface area contributed by atoms with Crippen molar-refractivity contribution < 1.29 is 13.2 Å². The molecule has 0 bridgehead atoms. The van der Waals surface area contributed by atoms with E-state index in [1.807, 2.05) is 38.1 Å². The number of rotatable bonds is 7. The minimum absolute atomic E-state index is 0.118. The van der Waals surface area contributed by atoms with E-state index in [1.54, 1.807) is 29.2 Å². The average Bonchev–Trinajstić information content (AvgIpc) is 2.56. The molecular formula is C19H23ClN2O3S. The summed E-state index contributed by atoms with van der Waals surface area (Å²) in [5.74, 6) is -0.266. The van der Waals surface area contributed by atoms with E-state index in [0.29, 0.717) is 11.6 Å². The van der Waals surface area contributed by atoms with Crippen molar-refractivity contribution >= 4 is 33.2 Å². The molecule has 0 atom stereocenters. The molecule has 0 saturated heterocycles. The third-order valence-electron chi connectivity index (χ3n) is 3.98. The molecule has 2 aromatic rings. The second-order valence-corrected chi connectivity index (χ2v) is 8.55. The van der Waals surface area contributed by atoms with Crippen LogP contribution in [-0.2, 0) is 21.4 Å². The number of sulfonamides is 1. The zero-order chi connectivity index (χ0) is 19.3. The van der Waals surface area contributed by atoms with Gasteiger partial charge >= 0.3 is 0 Å². The molecule has 140 valence electrons. The Hall–Kier alpha value is -1.89. The van der Waals surface area contributed by atoms with Crippen LogP contribution in [0.4, 0.5) is 5.69 Å². The molecule has 0 saturated carbocycles. The van der Waals surface area contributed by atoms with E-state index < -0.39 is 10.0 Å². The Kier molecular flexibility index (Phi) is 6.81. The molecule has 0 aromatic heterocycles. The van der Waals surface area contributed by atoms with Crippen LogP contribution in [0.3, 0.4) is 0 Å². The highest BCUT2D eigenvalue weighted by atomic mass is 35.5. The van der Waals surface area contributed by atoms with Gasteiger partial charge in [-0.15, -0.1) is 0 Å². The number of halogens is 1. The van der Waals surface area contributed by atoms with Crippen molar-refractivity contribution in [3.05, 3.63) is 64.7 Å². The van der Waals surface area contributed by atoms with E-state index in [-0.39, 0.29) is 19.0 Å². The number of carbonyl (C=O) groups is 1. The number of benzene rings is 2. The maximum absolute atomic E-state index is 12.8. The summed E-state index contributed by atoms with van der Waals surface area (Å²) in [6.45, 7) is 4.17. The largest absolute Gasteiger partial charge is 0.312 e. The molecule has 0 radical (unpaired) electrons. The molecule has 0 fully saturated rings. The summed E-state index contributed by atoms with van der Waals surface area (Å²) in [6, 6.07) is 14.5. The van der Waals surface area contributed by atoms with Crippen molar-refractivity contribution in [2.75, 3.05) is 24.2 Å². The summed E-state index contributed by atoms with van der Waals surface area (Å²) in [5, 5.41) is 0.576. The summed E-state index contributed by atoms with van der Waals surface area (Å²) in [5.41, 5.74) is 2.57. The summed E-state index contributed by atoms with van der Waals surface area (Å²) >= 11 is 5.87. The third kappa shape index (κ3) is 5.56. The van der Waals surface area contributed by atoms with Crippen LogP contribution in [0.1, 0.15) is 18.1 Å². The van der Waals surface area contributed by atoms with Gasteiger partial charge in [-0.2, -0.15) is 4.31 Å². The second kappa shape index (κ2) is 8.66. The zero-order valence-corrected chi connectivity index (χ0v) is 16.7. The van der Waals surface area contributed by atoms with Gasteiger partial charge in [-0.25, -0.2) is 8.42 Å². The molecule has 0 spiro atoms. The van der Waals surface area contributed by atoms with E-state index in [4.69, 9.17) is 11.6 Å². The number of nitrogens with zero attached hydrogens (tertiary/aromatic N) is 2. The maximum Gasteiger partial charge on any atom is 0.242 e. The van der Waals surface area contributed by atoms with E-state index in [0.717, 1.165) is 23.1 Å². The van der Waals surface area contributed by atoms with Crippen molar-refractivity contribution in [1.82, 2.24) is 4.31 Å². The number of aryl methyl sites for hydroxylation is 1. The molecule has 7 heteroatoms. The Bertz CT molecular complexity index is 867. The predicted octanol–water partition coefficient (Wildman–Crippen LogP) is 3.46. The lowest BCUT2D eigenvalue weighted by Crippen LogP contribution is -2.42. The quantitative estimate of drug-likeness (QED) is 0.722. The lowest BCUT2D eigenvalue weighted by atomic mass is 10.2. The molecule has 0 unspecified atom stereocenters. The van der Waals surface area contributed by atoms with Gasteiger partial charge in [0.15, 0.2) is 0 Å². The van der Waals surface area contributed by atoms with Crippen molar-refractivity contribution in [3.8, 4) is 0 Å². The normalized spacial score (nSPS) is 11.6. The minimum Gasteiger partial charge on any atom is -0.312 e. The first-order valence-electron chi connectivity index (χ1n) is 8.27. The van der Waals surface area contributed by atoms with Gasteiger partial charge in [0.1, 0.15) is 0 Å². The van der Waals surface area contributed by atoms with Crippen LogP contribution in [0.5, 0.6) is 0 Å². The highest BCUT2D eigenvalue weighted by molar-refractivity contribution is 7.88. The van der Waals surface area contributed by atoms with Crippen LogP contribution in [0.15, 0.2) is 48.5 Å². The van der Waals surface area contributed by atoms with E-state index in [9.17, 15) is 13.2 Å². The SMILES string of the molecule is CCN(C(=O)CN(Cc1ccc(Cl)cc1)S(C)(=O)=O)c1cccc(C)c1. The van der Waals surface area contributed by atoms with Gasteiger partial charge in [-0.3, -0.25) is 4.79 Å². The summed E-state index contributed by atoms with van der Waals surface area (Å²) in [7, 11) is -3.55. The van der Waals surface area contributed by atoms with Crippen LogP contribution in [-0.4, -0.2) is 38.0 Å². The third-order valence-corrected chi connectivity index (χ3v) is 5.43. The van der Waals surface area contributed by atoms with Crippen LogP contribution in [0.2, 0.25) is 5.02 Å². The first-order chi connectivity index (χ1) is 12.2. The van der Waals surface area contributed by atoms with E-state index in [2.05, 4.69) is 0 Å². The first kappa shape index (κ1) is 20.4. The van der Waals surface area contributed by atoms with Crippen molar-refractivity contribution in [1.29, 1.82) is 0 Å². The Morgan fingerprint density at radius 3 is 2.31 bits per heavy atom. The van der Waals surface area contributed by atoms with Crippen molar-refractivity contribution in [2.45, 2.75) is 20.4 Å². The number of hydrogen-bond donors (Lipinski definition) is 0. The summed E-state index contributed by atoms with van der Waals surface area (Å²) in [6.07, 6.45) is 1.11. The lowest BCUT2D eigenvalue weighted by molar-refractivity contribution is -0.118.